The molecule has 0 saturated heterocycles. The van der Waals surface area contributed by atoms with Crippen LogP contribution in [0.15, 0.2) is 40.6 Å². The molecule has 9 nitrogen and oxygen atoms in total. The van der Waals surface area contributed by atoms with E-state index in [1.807, 2.05) is 58.0 Å². The molecular formula is C21H31N5O4. The van der Waals surface area contributed by atoms with Crippen molar-refractivity contribution in [2.24, 2.45) is 22.1 Å². The zero-order valence-electron chi connectivity index (χ0n) is 17.9. The van der Waals surface area contributed by atoms with Crippen LogP contribution in [0.1, 0.15) is 39.7 Å². The lowest BCUT2D eigenvalue weighted by Crippen LogP contribution is -2.56. The van der Waals surface area contributed by atoms with E-state index in [1.165, 1.54) is 0 Å². The number of hydrogen-bond donors (Lipinski definition) is 3. The van der Waals surface area contributed by atoms with Gasteiger partial charge < -0.3 is 20.7 Å². The van der Waals surface area contributed by atoms with Crippen molar-refractivity contribution in [1.82, 2.24) is 16.0 Å². The number of hydrogen-bond acceptors (Lipinski definition) is 6. The molecule has 1 aromatic carbocycles. The van der Waals surface area contributed by atoms with E-state index in [-0.39, 0.29) is 30.5 Å². The first-order valence-electron chi connectivity index (χ1n) is 10.2. The average molecular weight is 418 g/mol. The number of benzene rings is 1. The second-order valence-corrected chi connectivity index (χ2v) is 8.08. The van der Waals surface area contributed by atoms with E-state index < -0.39 is 24.1 Å². The molecule has 0 unspecified atom stereocenters. The van der Waals surface area contributed by atoms with Gasteiger partial charge in [0, 0.05) is 0 Å². The molecular weight excluding hydrogens is 386 g/mol. The van der Waals surface area contributed by atoms with Crippen LogP contribution in [-0.2, 0) is 20.9 Å². The lowest BCUT2D eigenvalue weighted by Gasteiger charge is -2.25. The van der Waals surface area contributed by atoms with Gasteiger partial charge in [-0.1, -0.05) is 58.0 Å². The maximum Gasteiger partial charge on any atom is 0.408 e. The summed E-state index contributed by atoms with van der Waals surface area (Å²) in [6.45, 7) is 8.01. The molecule has 2 atom stereocenters. The van der Waals surface area contributed by atoms with Gasteiger partial charge in [-0.25, -0.2) is 4.79 Å². The van der Waals surface area contributed by atoms with Gasteiger partial charge in [-0.3, -0.25) is 9.59 Å². The quantitative estimate of drug-likeness (QED) is 0.512. The van der Waals surface area contributed by atoms with Crippen molar-refractivity contribution in [2.75, 3.05) is 6.54 Å². The van der Waals surface area contributed by atoms with Gasteiger partial charge in [-0.15, -0.1) is 0 Å². The molecule has 3 N–H and O–H groups in total. The summed E-state index contributed by atoms with van der Waals surface area (Å²) < 4.78 is 5.23. The van der Waals surface area contributed by atoms with Crippen LogP contribution in [0.5, 0.6) is 0 Å². The molecule has 1 aliphatic heterocycles. The number of amides is 3. The summed E-state index contributed by atoms with van der Waals surface area (Å²) in [5.41, 5.74) is 0.850. The van der Waals surface area contributed by atoms with Crippen molar-refractivity contribution in [3.05, 3.63) is 35.9 Å². The Hall–Kier alpha value is -2.97. The number of ether oxygens (including phenoxy) is 1. The summed E-state index contributed by atoms with van der Waals surface area (Å²) in [5, 5.41) is 15.6. The number of alkyl carbamates (subject to hydrolysis) is 1. The minimum Gasteiger partial charge on any atom is -0.445 e. The Bertz CT molecular complexity index is 745. The highest BCUT2D eigenvalue weighted by atomic mass is 16.5. The van der Waals surface area contributed by atoms with E-state index in [2.05, 4.69) is 26.2 Å². The highest BCUT2D eigenvalue weighted by Crippen LogP contribution is 2.10. The number of carbonyl (C=O) groups is 3. The highest BCUT2D eigenvalue weighted by Gasteiger charge is 2.30. The van der Waals surface area contributed by atoms with Gasteiger partial charge in [0.25, 0.3) is 0 Å². The van der Waals surface area contributed by atoms with Crippen molar-refractivity contribution in [3.8, 4) is 0 Å². The topological polar surface area (TPSA) is 121 Å². The predicted molar refractivity (Wildman–Crippen MR) is 111 cm³/mol. The molecule has 0 fully saturated rings. The summed E-state index contributed by atoms with van der Waals surface area (Å²) in [5.74, 6) is -0.702. The second-order valence-electron chi connectivity index (χ2n) is 8.08. The van der Waals surface area contributed by atoms with E-state index in [1.54, 1.807) is 0 Å². The molecule has 0 radical (unpaired) electrons. The zero-order chi connectivity index (χ0) is 22.1. The third-order valence-corrected chi connectivity index (χ3v) is 4.51. The first-order chi connectivity index (χ1) is 14.3. The molecule has 0 aliphatic carbocycles. The van der Waals surface area contributed by atoms with Crippen molar-refractivity contribution in [2.45, 2.75) is 59.0 Å². The second kappa shape index (κ2) is 11.3. The minimum absolute atomic E-state index is 0.108. The standard InChI is InChI=1S/C21H31N5O4/c1-13(2)10-16(23-21(29)30-12-15-8-6-5-7-9-15)19(27)24-18(14(3)4)20(28)22-11-17-25-26-17/h5-9,13-14,16-18H,10-12H2,1-4H3,(H,22,28)(H,23,29)(H,24,27)/t16-,18-/m0/s1. The molecule has 1 aromatic rings. The average Bonchev–Trinajstić information content (AvgIpc) is 3.52. The maximum absolute atomic E-state index is 12.9. The molecule has 2 rings (SSSR count). The minimum atomic E-state index is -0.809. The van der Waals surface area contributed by atoms with Crippen LogP contribution >= 0.6 is 0 Å². The smallest absolute Gasteiger partial charge is 0.408 e. The van der Waals surface area contributed by atoms with Gasteiger partial charge in [0.15, 0.2) is 6.17 Å². The van der Waals surface area contributed by atoms with Crippen LogP contribution in [0.3, 0.4) is 0 Å². The molecule has 1 heterocycles. The van der Waals surface area contributed by atoms with Gasteiger partial charge in [-0.05, 0) is 23.8 Å². The molecule has 30 heavy (non-hydrogen) atoms. The van der Waals surface area contributed by atoms with E-state index in [9.17, 15) is 14.4 Å². The SMILES string of the molecule is CC(C)C[C@H](NC(=O)OCc1ccccc1)C(=O)N[C@H](C(=O)NCC1N=N1)C(C)C. The predicted octanol–water partition coefficient (Wildman–Crippen LogP) is 2.38. The summed E-state index contributed by atoms with van der Waals surface area (Å²) in [6, 6.07) is 7.74. The molecule has 0 saturated carbocycles. The fourth-order valence-electron chi connectivity index (χ4n) is 2.83. The summed E-state index contributed by atoms with van der Waals surface area (Å²) in [7, 11) is 0. The fraction of sp³-hybridized carbons (Fsp3) is 0.571. The molecule has 9 heteroatoms. The third-order valence-electron chi connectivity index (χ3n) is 4.51. The van der Waals surface area contributed by atoms with Crippen LogP contribution in [0.4, 0.5) is 4.79 Å². The Morgan fingerprint density at radius 3 is 2.23 bits per heavy atom. The van der Waals surface area contributed by atoms with Crippen molar-refractivity contribution in [1.29, 1.82) is 0 Å². The van der Waals surface area contributed by atoms with E-state index in [4.69, 9.17) is 4.74 Å². The Balaban J connectivity index is 1.92. The van der Waals surface area contributed by atoms with Crippen LogP contribution < -0.4 is 16.0 Å². The van der Waals surface area contributed by atoms with E-state index in [0.717, 1.165) is 5.56 Å². The number of carbonyl (C=O) groups excluding carboxylic acids is 3. The molecule has 1 aliphatic rings. The Morgan fingerprint density at radius 1 is 1.00 bits per heavy atom. The van der Waals surface area contributed by atoms with Crippen LogP contribution in [0, 0.1) is 11.8 Å². The van der Waals surface area contributed by atoms with Gasteiger partial charge in [0.2, 0.25) is 11.8 Å². The van der Waals surface area contributed by atoms with Gasteiger partial charge >= 0.3 is 6.09 Å². The number of nitrogens with one attached hydrogen (secondary N) is 3. The Kier molecular flexibility index (Phi) is 8.76. The first-order valence-corrected chi connectivity index (χ1v) is 10.2. The van der Waals surface area contributed by atoms with Gasteiger partial charge in [-0.2, -0.15) is 10.2 Å². The van der Waals surface area contributed by atoms with Gasteiger partial charge in [0.05, 0.1) is 6.54 Å². The molecule has 164 valence electrons. The monoisotopic (exact) mass is 417 g/mol. The van der Waals surface area contributed by atoms with E-state index in [0.29, 0.717) is 13.0 Å². The third kappa shape index (κ3) is 8.18. The van der Waals surface area contributed by atoms with Crippen molar-refractivity contribution in [3.63, 3.8) is 0 Å². The maximum atomic E-state index is 12.9. The van der Waals surface area contributed by atoms with Crippen molar-refractivity contribution >= 4 is 17.9 Å². The number of nitrogens with zero attached hydrogens (tertiary/aromatic N) is 2. The van der Waals surface area contributed by atoms with Crippen LogP contribution in [0.2, 0.25) is 0 Å². The van der Waals surface area contributed by atoms with Crippen LogP contribution in [0.25, 0.3) is 0 Å². The molecule has 0 aromatic heterocycles. The zero-order valence-corrected chi connectivity index (χ0v) is 17.9. The van der Waals surface area contributed by atoms with Crippen LogP contribution in [-0.4, -0.2) is 42.7 Å². The van der Waals surface area contributed by atoms with Crippen molar-refractivity contribution < 1.29 is 19.1 Å². The summed E-state index contributed by atoms with van der Waals surface area (Å²) in [6.07, 6.45) is -0.451. The molecule has 3 amide bonds. The highest BCUT2D eigenvalue weighted by molar-refractivity contribution is 5.91. The lowest BCUT2D eigenvalue weighted by atomic mass is 10.00. The molecule has 0 spiro atoms. The Morgan fingerprint density at radius 2 is 1.67 bits per heavy atom. The fourth-order valence-corrected chi connectivity index (χ4v) is 2.83. The molecule has 0 bridgehead atoms. The lowest BCUT2D eigenvalue weighted by molar-refractivity contribution is -0.131. The first kappa shape index (κ1) is 23.3. The largest absolute Gasteiger partial charge is 0.445 e. The van der Waals surface area contributed by atoms with Gasteiger partial charge in [0.1, 0.15) is 18.7 Å². The normalized spacial score (nSPS) is 14.9. The summed E-state index contributed by atoms with van der Waals surface area (Å²) in [4.78, 5) is 37.6. The number of rotatable bonds is 11. The Labute approximate surface area is 177 Å². The van der Waals surface area contributed by atoms with E-state index >= 15 is 0 Å². The summed E-state index contributed by atoms with van der Waals surface area (Å²) >= 11 is 0.